The third-order valence-corrected chi connectivity index (χ3v) is 9.76. The van der Waals surface area contributed by atoms with Gasteiger partial charge in [-0.3, -0.25) is 5.41 Å². The molecule has 0 aliphatic carbocycles. The first-order chi connectivity index (χ1) is 12.8. The van der Waals surface area contributed by atoms with Gasteiger partial charge in [-0.2, -0.15) is 0 Å². The summed E-state index contributed by atoms with van der Waals surface area (Å²) in [4.78, 5) is 0. The van der Waals surface area contributed by atoms with Crippen molar-refractivity contribution < 1.29 is 9.16 Å². The van der Waals surface area contributed by atoms with Crippen LogP contribution in [0.25, 0.3) is 0 Å². The highest BCUT2D eigenvalue weighted by Crippen LogP contribution is 2.30. The molecular formula is C20H38Cl3NO2Si. The minimum Gasteiger partial charge on any atom is -0.474 e. The number of hydrogen-bond acceptors (Lipinski definition) is 3. The third kappa shape index (κ3) is 14.0. The lowest BCUT2D eigenvalue weighted by molar-refractivity contribution is 0.288. The smallest absolute Gasteiger partial charge is 0.265 e. The average Bonchev–Trinajstić information content (AvgIpc) is 2.63. The van der Waals surface area contributed by atoms with Crippen molar-refractivity contribution in [1.82, 2.24) is 0 Å². The molecule has 0 aliphatic heterocycles. The van der Waals surface area contributed by atoms with E-state index in [1.165, 1.54) is 56.7 Å². The quantitative estimate of drug-likeness (QED) is 0.0634. The first-order valence-electron chi connectivity index (χ1n) is 10.4. The van der Waals surface area contributed by atoms with Crippen molar-refractivity contribution in [2.24, 2.45) is 0 Å². The lowest BCUT2D eigenvalue weighted by Crippen LogP contribution is -2.38. The number of allylic oxidation sites excluding steroid dienone is 1. The molecule has 0 aliphatic rings. The van der Waals surface area contributed by atoms with Crippen LogP contribution in [-0.2, 0) is 9.16 Å². The molecule has 0 amide bonds. The molecule has 0 heterocycles. The number of halogens is 3. The second-order valence-corrected chi connectivity index (χ2v) is 13.5. The van der Waals surface area contributed by atoms with Crippen LogP contribution in [0.3, 0.4) is 0 Å². The van der Waals surface area contributed by atoms with Gasteiger partial charge in [-0.05, 0) is 31.0 Å². The fraction of sp³-hybridized carbons (Fsp3) is 0.850. The molecule has 7 heteroatoms. The fourth-order valence-corrected chi connectivity index (χ4v) is 7.90. The van der Waals surface area contributed by atoms with Gasteiger partial charge < -0.3 is 9.16 Å². The summed E-state index contributed by atoms with van der Waals surface area (Å²) in [7, 11) is -1.59. The molecule has 0 unspecified atom stereocenters. The summed E-state index contributed by atoms with van der Waals surface area (Å²) < 4.78 is 9.90. The van der Waals surface area contributed by atoms with E-state index in [0.29, 0.717) is 0 Å². The third-order valence-electron chi connectivity index (χ3n) is 4.63. The summed E-state index contributed by atoms with van der Waals surface area (Å²) >= 11 is 16.7. The van der Waals surface area contributed by atoms with E-state index in [4.69, 9.17) is 49.4 Å². The summed E-state index contributed by atoms with van der Waals surface area (Å²) in [6.45, 7) is 7.91. The van der Waals surface area contributed by atoms with Crippen LogP contribution in [-0.4, -0.2) is 31.2 Å². The molecule has 0 saturated carbocycles. The maximum atomic E-state index is 7.45. The van der Waals surface area contributed by atoms with Gasteiger partial charge in [0.1, 0.15) is 6.61 Å². The normalized spacial score (nSPS) is 12.7. The molecule has 0 bridgehead atoms. The van der Waals surface area contributed by atoms with Crippen molar-refractivity contribution in [3.63, 3.8) is 0 Å². The maximum absolute atomic E-state index is 7.45. The topological polar surface area (TPSA) is 42.3 Å². The van der Waals surface area contributed by atoms with Crippen LogP contribution in [0.2, 0.25) is 18.1 Å². The molecule has 0 aromatic heterocycles. The molecule has 0 radical (unpaired) electrons. The van der Waals surface area contributed by atoms with Crippen molar-refractivity contribution in [3.05, 3.63) is 12.2 Å². The van der Waals surface area contributed by atoms with E-state index >= 15 is 0 Å². The zero-order chi connectivity index (χ0) is 20.6. The van der Waals surface area contributed by atoms with E-state index in [9.17, 15) is 0 Å². The Bertz CT molecular complexity index is 393. The van der Waals surface area contributed by atoms with Crippen molar-refractivity contribution in [1.29, 1.82) is 5.41 Å². The van der Waals surface area contributed by atoms with Gasteiger partial charge in [0, 0.05) is 6.61 Å². The van der Waals surface area contributed by atoms with Gasteiger partial charge in [0.2, 0.25) is 5.90 Å². The number of nitrogens with one attached hydrogen (secondary N) is 1. The monoisotopic (exact) mass is 457 g/mol. The van der Waals surface area contributed by atoms with Crippen molar-refractivity contribution in [2.75, 3.05) is 13.2 Å². The molecule has 1 N–H and O–H groups in total. The van der Waals surface area contributed by atoms with E-state index in [0.717, 1.165) is 19.4 Å². The molecule has 0 fully saturated rings. The average molecular weight is 459 g/mol. The summed E-state index contributed by atoms with van der Waals surface area (Å²) in [5.74, 6) is -0.348. The Labute approximate surface area is 182 Å². The van der Waals surface area contributed by atoms with Crippen molar-refractivity contribution in [3.8, 4) is 0 Å². The van der Waals surface area contributed by atoms with Crippen LogP contribution < -0.4 is 0 Å². The van der Waals surface area contributed by atoms with E-state index in [1.807, 2.05) is 12.2 Å². The highest BCUT2D eigenvalue weighted by atomic mass is 35.6. The summed E-state index contributed by atoms with van der Waals surface area (Å²) in [5, 5.41) is 7.45. The minimum atomic E-state index is -1.79. The first kappa shape index (κ1) is 27.3. The fourth-order valence-electron chi connectivity index (χ4n) is 2.98. The number of hydrogen-bond donors (Lipinski definition) is 1. The predicted molar refractivity (Wildman–Crippen MR) is 123 cm³/mol. The Morgan fingerprint density at radius 1 is 0.889 bits per heavy atom. The maximum Gasteiger partial charge on any atom is 0.265 e. The van der Waals surface area contributed by atoms with Crippen LogP contribution >= 0.6 is 34.8 Å². The number of alkyl halides is 3. The molecular weight excluding hydrogens is 421 g/mol. The summed E-state index contributed by atoms with van der Waals surface area (Å²) in [6.07, 6.45) is 13.5. The lowest BCUT2D eigenvalue weighted by atomic mass is 10.3. The minimum absolute atomic E-state index is 0.246. The zero-order valence-electron chi connectivity index (χ0n) is 17.3. The molecule has 0 aromatic carbocycles. The van der Waals surface area contributed by atoms with Gasteiger partial charge in [-0.15, -0.1) is 0 Å². The summed E-state index contributed by atoms with van der Waals surface area (Å²) in [5.41, 5.74) is 0. The van der Waals surface area contributed by atoms with Crippen LogP contribution in [0.5, 0.6) is 0 Å². The Morgan fingerprint density at radius 3 is 1.85 bits per heavy atom. The van der Waals surface area contributed by atoms with Crippen LogP contribution in [0.4, 0.5) is 0 Å². The summed E-state index contributed by atoms with van der Waals surface area (Å²) in [6, 6.07) is 3.94. The van der Waals surface area contributed by atoms with E-state index in [-0.39, 0.29) is 12.5 Å². The second-order valence-electron chi connectivity index (χ2n) is 7.09. The molecule has 0 atom stereocenters. The van der Waals surface area contributed by atoms with E-state index in [2.05, 4.69) is 20.8 Å². The SMILES string of the molecule is CCCC[Si](CCCC)(CCCC)OCCC/C=C/COC(=N)C(Cl)(Cl)Cl. The number of ether oxygens (including phenoxy) is 1. The van der Waals surface area contributed by atoms with Gasteiger partial charge in [-0.25, -0.2) is 0 Å². The van der Waals surface area contributed by atoms with Crippen LogP contribution in [0, 0.1) is 5.41 Å². The molecule has 3 nitrogen and oxygen atoms in total. The highest BCUT2D eigenvalue weighted by Gasteiger charge is 2.32. The molecule has 0 spiro atoms. The van der Waals surface area contributed by atoms with E-state index < -0.39 is 12.1 Å². The highest BCUT2D eigenvalue weighted by molar-refractivity contribution is 6.76. The Kier molecular flexibility index (Phi) is 16.3. The van der Waals surface area contributed by atoms with Crippen LogP contribution in [0.1, 0.15) is 72.1 Å². The van der Waals surface area contributed by atoms with E-state index in [1.54, 1.807) is 0 Å². The van der Waals surface area contributed by atoms with Gasteiger partial charge in [0.25, 0.3) is 3.79 Å². The van der Waals surface area contributed by atoms with Crippen molar-refractivity contribution >= 4 is 49.0 Å². The number of unbranched alkanes of at least 4 members (excludes halogenated alkanes) is 4. The standard InChI is InChI=1S/C20H38Cl3NO2Si/c1-4-7-16-27(17-8-5-2,18-9-6-3)26-15-13-11-10-12-14-25-19(24)20(21,22)23/h10,12,24H,4-9,11,13-18H2,1-3H3/b12-10+,24-19?. The Hall–Kier alpha value is 0.257. The van der Waals surface area contributed by atoms with Gasteiger partial charge in [0.05, 0.1) is 0 Å². The van der Waals surface area contributed by atoms with Crippen molar-refractivity contribution in [2.45, 2.75) is 94.1 Å². The molecule has 0 saturated heterocycles. The Balaban J connectivity index is 4.29. The first-order valence-corrected chi connectivity index (χ1v) is 14.0. The molecule has 0 aromatic rings. The lowest BCUT2D eigenvalue weighted by Gasteiger charge is -2.32. The van der Waals surface area contributed by atoms with Gasteiger partial charge >= 0.3 is 0 Å². The largest absolute Gasteiger partial charge is 0.474 e. The molecule has 160 valence electrons. The predicted octanol–water partition coefficient (Wildman–Crippen LogP) is 8.05. The second kappa shape index (κ2) is 16.1. The molecule has 0 rings (SSSR count). The van der Waals surface area contributed by atoms with Gasteiger partial charge in [-0.1, -0.05) is 106 Å². The van der Waals surface area contributed by atoms with Gasteiger partial charge in [0.15, 0.2) is 8.32 Å². The Morgan fingerprint density at radius 2 is 1.41 bits per heavy atom. The zero-order valence-corrected chi connectivity index (χ0v) is 20.6. The molecule has 27 heavy (non-hydrogen) atoms. The van der Waals surface area contributed by atoms with Crippen LogP contribution in [0.15, 0.2) is 12.2 Å². The number of rotatable bonds is 16.